The molecule has 0 radical (unpaired) electrons. The van der Waals surface area contributed by atoms with Crippen molar-refractivity contribution in [3.05, 3.63) is 41.6 Å². The van der Waals surface area contributed by atoms with Crippen LogP contribution in [-0.4, -0.2) is 31.1 Å². The molecule has 1 aromatic rings. The van der Waals surface area contributed by atoms with Crippen molar-refractivity contribution in [2.45, 2.75) is 12.4 Å². The van der Waals surface area contributed by atoms with E-state index in [9.17, 15) is 31.1 Å². The minimum atomic E-state index is -4.93. The highest BCUT2D eigenvalue weighted by Crippen LogP contribution is 2.31. The molecule has 9 heteroatoms. The van der Waals surface area contributed by atoms with Crippen molar-refractivity contribution in [3.63, 3.8) is 0 Å². The third-order valence-electron chi connectivity index (χ3n) is 2.39. The van der Waals surface area contributed by atoms with Crippen molar-refractivity contribution >= 4 is 11.6 Å². The first kappa shape index (κ1) is 17.9. The predicted octanol–water partition coefficient (Wildman–Crippen LogP) is 3.65. The van der Waals surface area contributed by atoms with Crippen LogP contribution in [0, 0.1) is 0 Å². The van der Waals surface area contributed by atoms with E-state index >= 15 is 0 Å². The molecular weight excluding hydrogens is 314 g/mol. The third-order valence-corrected chi connectivity index (χ3v) is 2.39. The summed E-state index contributed by atoms with van der Waals surface area (Å²) >= 11 is 0. The molecule has 1 N–H and O–H groups in total. The molecule has 0 unspecified atom stereocenters. The fourth-order valence-corrected chi connectivity index (χ4v) is 1.49. The van der Waals surface area contributed by atoms with Gasteiger partial charge in [0.2, 0.25) is 0 Å². The van der Waals surface area contributed by atoms with E-state index in [1.807, 2.05) is 5.32 Å². The zero-order valence-corrected chi connectivity index (χ0v) is 11.5. The summed E-state index contributed by atoms with van der Waals surface area (Å²) in [6, 6.07) is 3.36. The van der Waals surface area contributed by atoms with E-state index in [0.717, 1.165) is 23.1 Å². The molecule has 0 fully saturated rings. The van der Waals surface area contributed by atoms with Crippen molar-refractivity contribution in [3.8, 4) is 0 Å². The summed E-state index contributed by atoms with van der Waals surface area (Å²) < 4.78 is 75.8. The fourth-order valence-electron chi connectivity index (χ4n) is 1.49. The number of nitrogens with one attached hydrogen (secondary N) is 1. The lowest BCUT2D eigenvalue weighted by Crippen LogP contribution is -2.27. The molecule has 0 spiro atoms. The number of carbonyl (C=O) groups is 1. The molecule has 0 heterocycles. The topological polar surface area (TPSA) is 32.3 Å². The molecule has 1 rings (SSSR count). The number of halogens is 6. The summed E-state index contributed by atoms with van der Waals surface area (Å²) in [5.74, 6) is -1.54. The normalized spacial score (nSPS) is 13.0. The van der Waals surface area contributed by atoms with Gasteiger partial charge in [-0.3, -0.25) is 4.79 Å². The average Bonchev–Trinajstić information content (AvgIpc) is 2.33. The number of carbonyl (C=O) groups excluding carboxylic acids is 1. The number of amides is 1. The zero-order chi connectivity index (χ0) is 17.1. The van der Waals surface area contributed by atoms with E-state index in [4.69, 9.17) is 0 Å². The van der Waals surface area contributed by atoms with Gasteiger partial charge < -0.3 is 10.2 Å². The van der Waals surface area contributed by atoms with Crippen LogP contribution < -0.4 is 5.32 Å². The van der Waals surface area contributed by atoms with Crippen molar-refractivity contribution in [2.75, 3.05) is 19.4 Å². The molecule has 1 aromatic carbocycles. The lowest BCUT2D eigenvalue weighted by Gasteiger charge is -2.15. The second-order valence-electron chi connectivity index (χ2n) is 4.54. The Morgan fingerprint density at radius 1 is 1.14 bits per heavy atom. The van der Waals surface area contributed by atoms with Crippen LogP contribution in [0.5, 0.6) is 0 Å². The Hall–Kier alpha value is -2.19. The molecule has 122 valence electrons. The Bertz CT molecular complexity index is 575. The van der Waals surface area contributed by atoms with E-state index in [2.05, 4.69) is 0 Å². The first-order valence-electron chi connectivity index (χ1n) is 5.85. The number of hydrogen-bond donors (Lipinski definition) is 1. The maximum Gasteiger partial charge on any atom is 0.423 e. The summed E-state index contributed by atoms with van der Waals surface area (Å²) in [6.07, 6.45) is -9.05. The van der Waals surface area contributed by atoms with E-state index in [0.29, 0.717) is 12.3 Å². The van der Waals surface area contributed by atoms with Crippen LogP contribution in [0.3, 0.4) is 0 Å². The minimum Gasteiger partial charge on any atom is -0.383 e. The van der Waals surface area contributed by atoms with Crippen molar-refractivity contribution < 1.29 is 31.1 Å². The van der Waals surface area contributed by atoms with Crippen LogP contribution in [0.25, 0.3) is 0 Å². The van der Waals surface area contributed by atoms with E-state index in [1.54, 1.807) is 0 Å². The number of alkyl halides is 6. The fraction of sp³-hybridized carbons (Fsp3) is 0.308. The van der Waals surface area contributed by atoms with E-state index < -0.39 is 29.4 Å². The Morgan fingerprint density at radius 3 is 2.18 bits per heavy atom. The van der Waals surface area contributed by atoms with Gasteiger partial charge in [-0.15, -0.1) is 0 Å². The molecule has 0 bridgehead atoms. The quantitative estimate of drug-likeness (QED) is 0.679. The summed E-state index contributed by atoms with van der Waals surface area (Å²) in [7, 11) is 2.56. The van der Waals surface area contributed by atoms with Gasteiger partial charge in [-0.05, 0) is 18.2 Å². The Kier molecular flexibility index (Phi) is 5.10. The highest BCUT2D eigenvalue weighted by molar-refractivity contribution is 6.04. The van der Waals surface area contributed by atoms with Crippen molar-refractivity contribution in [1.82, 2.24) is 4.90 Å². The van der Waals surface area contributed by atoms with Gasteiger partial charge in [0.25, 0.3) is 5.91 Å². The van der Waals surface area contributed by atoms with Gasteiger partial charge in [0.15, 0.2) is 0 Å². The second kappa shape index (κ2) is 6.29. The highest BCUT2D eigenvalue weighted by atomic mass is 19.4. The average molecular weight is 326 g/mol. The third kappa shape index (κ3) is 4.97. The second-order valence-corrected chi connectivity index (χ2v) is 4.54. The lowest BCUT2D eigenvalue weighted by molar-refractivity contribution is -0.137. The minimum absolute atomic E-state index is 0.381. The SMILES string of the molecule is CN(C)C=C(C(=O)Nc1cccc(C(F)(F)F)c1)C(F)(F)F. The molecule has 1 amide bonds. The Labute approximate surface area is 122 Å². The van der Waals surface area contributed by atoms with Crippen LogP contribution in [0.2, 0.25) is 0 Å². The molecule has 3 nitrogen and oxygen atoms in total. The molecule has 0 aliphatic carbocycles. The van der Waals surface area contributed by atoms with Crippen LogP contribution in [0.15, 0.2) is 36.0 Å². The number of hydrogen-bond acceptors (Lipinski definition) is 2. The summed E-state index contributed by atoms with van der Waals surface area (Å²) in [5, 5.41) is 1.81. The smallest absolute Gasteiger partial charge is 0.383 e. The zero-order valence-electron chi connectivity index (χ0n) is 11.5. The number of rotatable bonds is 3. The summed E-state index contributed by atoms with van der Waals surface area (Å²) in [4.78, 5) is 12.7. The van der Waals surface area contributed by atoms with Gasteiger partial charge in [0.05, 0.1) is 5.56 Å². The predicted molar refractivity (Wildman–Crippen MR) is 67.9 cm³/mol. The van der Waals surface area contributed by atoms with Crippen LogP contribution in [0.1, 0.15) is 5.56 Å². The Morgan fingerprint density at radius 2 is 1.73 bits per heavy atom. The van der Waals surface area contributed by atoms with Gasteiger partial charge in [-0.25, -0.2) is 0 Å². The highest BCUT2D eigenvalue weighted by Gasteiger charge is 2.39. The van der Waals surface area contributed by atoms with E-state index in [1.165, 1.54) is 14.1 Å². The lowest BCUT2D eigenvalue weighted by atomic mass is 10.2. The van der Waals surface area contributed by atoms with Gasteiger partial charge >= 0.3 is 12.4 Å². The Balaban J connectivity index is 3.06. The molecule has 0 atom stereocenters. The van der Waals surface area contributed by atoms with Crippen LogP contribution in [-0.2, 0) is 11.0 Å². The molecule has 0 saturated heterocycles. The first-order chi connectivity index (χ1) is 9.91. The molecular formula is C13H12F6N2O. The molecule has 0 saturated carbocycles. The number of anilines is 1. The maximum absolute atomic E-state index is 12.8. The van der Waals surface area contributed by atoms with Gasteiger partial charge in [0, 0.05) is 26.0 Å². The standard InChI is InChI=1S/C13H12F6N2O/c1-21(2)7-10(13(17,18)19)11(22)20-9-5-3-4-8(6-9)12(14,15)16/h3-7H,1-2H3,(H,20,22). The summed E-state index contributed by atoms with van der Waals surface area (Å²) in [6.45, 7) is 0. The molecule has 0 aromatic heterocycles. The molecule has 0 aliphatic heterocycles. The van der Waals surface area contributed by atoms with Crippen molar-refractivity contribution in [2.24, 2.45) is 0 Å². The number of benzene rings is 1. The first-order valence-corrected chi connectivity index (χ1v) is 5.85. The van der Waals surface area contributed by atoms with Crippen LogP contribution in [0.4, 0.5) is 32.0 Å². The van der Waals surface area contributed by atoms with E-state index in [-0.39, 0.29) is 5.69 Å². The monoisotopic (exact) mass is 326 g/mol. The maximum atomic E-state index is 12.8. The van der Waals surface area contributed by atoms with Crippen LogP contribution >= 0.6 is 0 Å². The van der Waals surface area contributed by atoms with Gasteiger partial charge in [-0.2, -0.15) is 26.3 Å². The summed E-state index contributed by atoms with van der Waals surface area (Å²) in [5.41, 5.74) is -2.97. The van der Waals surface area contributed by atoms with Gasteiger partial charge in [-0.1, -0.05) is 6.07 Å². The largest absolute Gasteiger partial charge is 0.423 e. The van der Waals surface area contributed by atoms with Gasteiger partial charge in [0.1, 0.15) is 5.57 Å². The van der Waals surface area contributed by atoms with Crippen molar-refractivity contribution in [1.29, 1.82) is 0 Å². The number of nitrogens with zero attached hydrogens (tertiary/aromatic N) is 1. The molecule has 22 heavy (non-hydrogen) atoms. The molecule has 0 aliphatic rings.